The highest BCUT2D eigenvalue weighted by Gasteiger charge is 2.35. The quantitative estimate of drug-likeness (QED) is 0.437. The lowest BCUT2D eigenvalue weighted by atomic mass is 10.1. The summed E-state index contributed by atoms with van der Waals surface area (Å²) >= 11 is 6.37. The molecule has 1 fully saturated rings. The van der Waals surface area contributed by atoms with Gasteiger partial charge in [0, 0.05) is 25.4 Å². The number of benzene rings is 3. The second-order valence-electron chi connectivity index (χ2n) is 7.89. The highest BCUT2D eigenvalue weighted by atomic mass is 35.5. The highest BCUT2D eigenvalue weighted by molar-refractivity contribution is 6.33. The van der Waals surface area contributed by atoms with Gasteiger partial charge in [-0.3, -0.25) is 4.79 Å². The zero-order chi connectivity index (χ0) is 20.7. The molecule has 0 N–H and O–H groups in total. The standard InChI is InChI=1S/C25H22ClN3O/c1-17-7-6-8-18(13-17)15-29-23-12-5-3-10-21(23)27-25(29)19-14-24(30)28(16-19)22-11-4-2-9-20(22)26/h2-13,19H,14-16H2,1H3/t19-/m1/s1. The Morgan fingerprint density at radius 3 is 2.67 bits per heavy atom. The Kier molecular flexibility index (Phi) is 4.80. The first-order valence-electron chi connectivity index (χ1n) is 10.2. The maximum absolute atomic E-state index is 12.9. The first-order valence-corrected chi connectivity index (χ1v) is 10.5. The number of rotatable bonds is 4. The molecule has 4 aromatic rings. The highest BCUT2D eigenvalue weighted by Crippen LogP contribution is 2.36. The van der Waals surface area contributed by atoms with Crippen LogP contribution in [0.15, 0.2) is 72.8 Å². The van der Waals surface area contributed by atoms with Gasteiger partial charge in [0.05, 0.1) is 21.7 Å². The molecule has 1 aliphatic heterocycles. The molecule has 0 spiro atoms. The fourth-order valence-corrected chi connectivity index (χ4v) is 4.59. The van der Waals surface area contributed by atoms with Crippen molar-refractivity contribution in [2.45, 2.75) is 25.8 Å². The maximum Gasteiger partial charge on any atom is 0.227 e. The van der Waals surface area contributed by atoms with Crippen LogP contribution in [0.4, 0.5) is 5.69 Å². The summed E-state index contributed by atoms with van der Waals surface area (Å²) < 4.78 is 2.26. The van der Waals surface area contributed by atoms with Crippen LogP contribution in [0.3, 0.4) is 0 Å². The van der Waals surface area contributed by atoms with Crippen molar-refractivity contribution < 1.29 is 4.79 Å². The maximum atomic E-state index is 12.9. The van der Waals surface area contributed by atoms with Crippen molar-refractivity contribution in [2.75, 3.05) is 11.4 Å². The summed E-state index contributed by atoms with van der Waals surface area (Å²) in [5, 5.41) is 0.597. The molecule has 0 bridgehead atoms. The minimum atomic E-state index is 0.0194. The molecular formula is C25H22ClN3O. The lowest BCUT2D eigenvalue weighted by Crippen LogP contribution is -2.24. The van der Waals surface area contributed by atoms with Crippen LogP contribution in [0, 0.1) is 6.92 Å². The van der Waals surface area contributed by atoms with E-state index in [9.17, 15) is 4.79 Å². The van der Waals surface area contributed by atoms with Gasteiger partial charge >= 0.3 is 0 Å². The number of amides is 1. The number of anilines is 1. The van der Waals surface area contributed by atoms with Gasteiger partial charge in [-0.2, -0.15) is 0 Å². The van der Waals surface area contributed by atoms with Gasteiger partial charge in [-0.1, -0.05) is 65.7 Å². The molecule has 0 radical (unpaired) electrons. The average Bonchev–Trinajstić information content (AvgIpc) is 3.29. The van der Waals surface area contributed by atoms with Gasteiger partial charge in [0.2, 0.25) is 5.91 Å². The lowest BCUT2D eigenvalue weighted by molar-refractivity contribution is -0.117. The zero-order valence-corrected chi connectivity index (χ0v) is 17.5. The Morgan fingerprint density at radius 2 is 1.83 bits per heavy atom. The van der Waals surface area contributed by atoms with E-state index in [0.717, 1.165) is 29.1 Å². The minimum Gasteiger partial charge on any atom is -0.323 e. The van der Waals surface area contributed by atoms with Crippen molar-refractivity contribution in [2.24, 2.45) is 0 Å². The van der Waals surface area contributed by atoms with E-state index in [1.54, 1.807) is 4.90 Å². The van der Waals surface area contributed by atoms with Gasteiger partial charge in [0.1, 0.15) is 5.82 Å². The summed E-state index contributed by atoms with van der Waals surface area (Å²) in [6, 6.07) is 24.2. The molecule has 1 aliphatic rings. The molecule has 30 heavy (non-hydrogen) atoms. The summed E-state index contributed by atoms with van der Waals surface area (Å²) in [6.45, 7) is 3.42. The smallest absolute Gasteiger partial charge is 0.227 e. The molecule has 1 amide bonds. The van der Waals surface area contributed by atoms with Crippen molar-refractivity contribution in [1.82, 2.24) is 9.55 Å². The monoisotopic (exact) mass is 415 g/mol. The number of carbonyl (C=O) groups excluding carboxylic acids is 1. The Balaban J connectivity index is 1.54. The van der Waals surface area contributed by atoms with Crippen molar-refractivity contribution in [3.05, 3.63) is 94.8 Å². The van der Waals surface area contributed by atoms with E-state index in [1.807, 2.05) is 42.5 Å². The number of halogens is 1. The van der Waals surface area contributed by atoms with Crippen LogP contribution in [0.5, 0.6) is 0 Å². The number of hydrogen-bond acceptors (Lipinski definition) is 2. The summed E-state index contributed by atoms with van der Waals surface area (Å²) in [4.78, 5) is 19.6. The SMILES string of the molecule is Cc1cccc(Cn2c([C@@H]3CC(=O)N(c4ccccc4Cl)C3)nc3ccccc32)c1. The molecule has 1 saturated heterocycles. The molecule has 4 nitrogen and oxygen atoms in total. The van der Waals surface area contributed by atoms with Crippen LogP contribution >= 0.6 is 11.6 Å². The molecule has 2 heterocycles. The third kappa shape index (κ3) is 3.37. The fraction of sp³-hybridized carbons (Fsp3) is 0.200. The predicted molar refractivity (Wildman–Crippen MR) is 121 cm³/mol. The van der Waals surface area contributed by atoms with E-state index in [-0.39, 0.29) is 11.8 Å². The van der Waals surface area contributed by atoms with E-state index in [0.29, 0.717) is 18.0 Å². The number of carbonyl (C=O) groups is 1. The second kappa shape index (κ2) is 7.62. The van der Waals surface area contributed by atoms with Crippen molar-refractivity contribution >= 4 is 34.2 Å². The van der Waals surface area contributed by atoms with Crippen LogP contribution < -0.4 is 4.90 Å². The van der Waals surface area contributed by atoms with Gasteiger partial charge in [-0.25, -0.2) is 4.98 Å². The first kappa shape index (κ1) is 18.9. The molecule has 1 aromatic heterocycles. The number of imidazole rings is 1. The van der Waals surface area contributed by atoms with Gasteiger partial charge in [0.15, 0.2) is 0 Å². The van der Waals surface area contributed by atoms with Crippen molar-refractivity contribution in [1.29, 1.82) is 0 Å². The van der Waals surface area contributed by atoms with Crippen molar-refractivity contribution in [3.63, 3.8) is 0 Å². The van der Waals surface area contributed by atoms with Crippen LogP contribution in [-0.4, -0.2) is 22.0 Å². The lowest BCUT2D eigenvalue weighted by Gasteiger charge is -2.18. The topological polar surface area (TPSA) is 38.1 Å². The number of nitrogens with zero attached hydrogens (tertiary/aromatic N) is 3. The first-order chi connectivity index (χ1) is 14.6. The Bertz CT molecular complexity index is 1250. The van der Waals surface area contributed by atoms with Crippen LogP contribution in [-0.2, 0) is 11.3 Å². The summed E-state index contributed by atoms with van der Waals surface area (Å²) in [5.74, 6) is 1.06. The van der Waals surface area contributed by atoms with Gasteiger partial charge < -0.3 is 9.47 Å². The third-order valence-corrected chi connectivity index (χ3v) is 6.06. The largest absolute Gasteiger partial charge is 0.323 e. The summed E-state index contributed by atoms with van der Waals surface area (Å²) in [6.07, 6.45) is 0.433. The van der Waals surface area contributed by atoms with E-state index in [1.165, 1.54) is 11.1 Å². The van der Waals surface area contributed by atoms with E-state index < -0.39 is 0 Å². The number of aromatic nitrogens is 2. The minimum absolute atomic E-state index is 0.0194. The summed E-state index contributed by atoms with van der Waals surface area (Å²) in [7, 11) is 0. The molecule has 0 unspecified atom stereocenters. The predicted octanol–water partition coefficient (Wildman–Crippen LogP) is 5.57. The van der Waals surface area contributed by atoms with Gasteiger partial charge in [0.25, 0.3) is 0 Å². The molecule has 0 saturated carbocycles. The Labute approximate surface area is 180 Å². The number of hydrogen-bond donors (Lipinski definition) is 0. The van der Waals surface area contributed by atoms with E-state index in [2.05, 4.69) is 41.8 Å². The summed E-state index contributed by atoms with van der Waals surface area (Å²) in [5.41, 5.74) is 5.29. The van der Waals surface area contributed by atoms with E-state index >= 15 is 0 Å². The Morgan fingerprint density at radius 1 is 1.03 bits per heavy atom. The average molecular weight is 416 g/mol. The number of aryl methyl sites for hydroxylation is 1. The molecule has 0 aliphatic carbocycles. The zero-order valence-electron chi connectivity index (χ0n) is 16.8. The van der Waals surface area contributed by atoms with Crippen LogP contribution in [0.25, 0.3) is 11.0 Å². The number of fused-ring (bicyclic) bond motifs is 1. The third-order valence-electron chi connectivity index (χ3n) is 5.74. The molecule has 5 rings (SSSR count). The molecule has 3 aromatic carbocycles. The fourth-order valence-electron chi connectivity index (χ4n) is 4.35. The van der Waals surface area contributed by atoms with Gasteiger partial charge in [-0.05, 0) is 36.8 Å². The molecule has 150 valence electrons. The van der Waals surface area contributed by atoms with Crippen LogP contribution in [0.2, 0.25) is 5.02 Å². The number of para-hydroxylation sites is 3. The van der Waals surface area contributed by atoms with Crippen LogP contribution in [0.1, 0.15) is 29.3 Å². The van der Waals surface area contributed by atoms with E-state index in [4.69, 9.17) is 16.6 Å². The molecule has 5 heteroatoms. The second-order valence-corrected chi connectivity index (χ2v) is 8.30. The van der Waals surface area contributed by atoms with Crippen molar-refractivity contribution in [3.8, 4) is 0 Å². The Hall–Kier alpha value is -3.11. The molecular weight excluding hydrogens is 394 g/mol. The van der Waals surface area contributed by atoms with Gasteiger partial charge in [-0.15, -0.1) is 0 Å². The normalized spacial score (nSPS) is 16.5. The molecule has 1 atom stereocenters.